The highest BCUT2D eigenvalue weighted by molar-refractivity contribution is 9.10. The Balaban J connectivity index is 1.94. The Morgan fingerprint density at radius 3 is 2.83 bits per heavy atom. The monoisotopic (exact) mass is 384 g/mol. The fraction of sp³-hybridized carbons (Fsp3) is 0.588. The van der Waals surface area contributed by atoms with E-state index in [1.54, 1.807) is 12.2 Å². The fourth-order valence-electron chi connectivity index (χ4n) is 2.63. The van der Waals surface area contributed by atoms with Gasteiger partial charge >= 0.3 is 0 Å². The van der Waals surface area contributed by atoms with Crippen molar-refractivity contribution in [2.45, 2.75) is 45.2 Å². The molecule has 0 bridgehead atoms. The summed E-state index contributed by atoms with van der Waals surface area (Å²) in [6, 6.07) is 5.78. The van der Waals surface area contributed by atoms with Gasteiger partial charge in [0.2, 0.25) is 5.91 Å². The zero-order valence-corrected chi connectivity index (χ0v) is 15.4. The summed E-state index contributed by atoms with van der Waals surface area (Å²) in [5, 5.41) is 4.56. The number of nitrogens with zero attached hydrogens (tertiary/aromatic N) is 1. The Hall–Kier alpha value is -1.11. The van der Waals surface area contributed by atoms with Gasteiger partial charge in [-0.25, -0.2) is 0 Å². The Kier molecular flexibility index (Phi) is 7.33. The molecular formula is C17H25BrN2O3. The number of carbonyl (C=O) groups excluding carboxylic acids is 1. The molecule has 1 N–H and O–H groups in total. The van der Waals surface area contributed by atoms with Crippen LogP contribution in [0.2, 0.25) is 0 Å². The highest BCUT2D eigenvalue weighted by Gasteiger charge is 2.30. The average molecular weight is 385 g/mol. The Morgan fingerprint density at radius 1 is 1.39 bits per heavy atom. The third-order valence-corrected chi connectivity index (χ3v) is 4.56. The van der Waals surface area contributed by atoms with Gasteiger partial charge in [0.1, 0.15) is 11.8 Å². The zero-order valence-electron chi connectivity index (χ0n) is 13.8. The van der Waals surface area contributed by atoms with E-state index in [9.17, 15) is 4.79 Å². The zero-order chi connectivity index (χ0) is 16.7. The number of benzene rings is 1. The molecule has 23 heavy (non-hydrogen) atoms. The molecule has 2 rings (SSSR count). The van der Waals surface area contributed by atoms with Crippen molar-refractivity contribution in [1.29, 1.82) is 0 Å². The highest BCUT2D eigenvalue weighted by Crippen LogP contribution is 2.27. The minimum Gasteiger partial charge on any atom is -0.492 e. The number of ether oxygens (including phenoxy) is 1. The molecule has 0 aliphatic carbocycles. The van der Waals surface area contributed by atoms with E-state index >= 15 is 0 Å². The third kappa shape index (κ3) is 5.19. The van der Waals surface area contributed by atoms with Crippen molar-refractivity contribution in [3.63, 3.8) is 0 Å². The van der Waals surface area contributed by atoms with Crippen molar-refractivity contribution >= 4 is 21.8 Å². The summed E-state index contributed by atoms with van der Waals surface area (Å²) >= 11 is 3.56. The molecule has 1 heterocycles. The molecule has 1 aliphatic rings. The number of carbonyl (C=O) groups is 1. The molecule has 0 radical (unpaired) electrons. The molecule has 5 nitrogen and oxygen atoms in total. The summed E-state index contributed by atoms with van der Waals surface area (Å²) in [7, 11) is 1.60. The van der Waals surface area contributed by atoms with Gasteiger partial charge in [0.25, 0.3) is 0 Å². The van der Waals surface area contributed by atoms with Gasteiger partial charge in [-0.1, -0.05) is 25.8 Å². The summed E-state index contributed by atoms with van der Waals surface area (Å²) in [5.74, 6) is 0.884. The van der Waals surface area contributed by atoms with E-state index in [-0.39, 0.29) is 11.9 Å². The maximum Gasteiger partial charge on any atom is 0.239 e. The predicted molar refractivity (Wildman–Crippen MR) is 93.1 cm³/mol. The van der Waals surface area contributed by atoms with Crippen molar-refractivity contribution in [2.75, 3.05) is 20.3 Å². The molecule has 1 aromatic rings. The fourth-order valence-corrected chi connectivity index (χ4v) is 3.17. The van der Waals surface area contributed by atoms with Crippen LogP contribution in [0, 0.1) is 0 Å². The number of halogens is 1. The van der Waals surface area contributed by atoms with Crippen molar-refractivity contribution < 1.29 is 14.4 Å². The lowest BCUT2D eigenvalue weighted by atomic mass is 10.2. The first-order valence-corrected chi connectivity index (χ1v) is 8.94. The van der Waals surface area contributed by atoms with E-state index in [4.69, 9.17) is 9.57 Å². The minimum absolute atomic E-state index is 0.0294. The Bertz CT molecular complexity index is 525. The van der Waals surface area contributed by atoms with Gasteiger partial charge in [-0.2, -0.15) is 5.06 Å². The smallest absolute Gasteiger partial charge is 0.239 e. The number of rotatable bonds is 9. The van der Waals surface area contributed by atoms with Crippen LogP contribution in [0.15, 0.2) is 22.7 Å². The van der Waals surface area contributed by atoms with Crippen molar-refractivity contribution in [3.8, 4) is 5.75 Å². The van der Waals surface area contributed by atoms with Gasteiger partial charge in [-0.3, -0.25) is 4.79 Å². The molecule has 0 aromatic heterocycles. The second-order valence-electron chi connectivity index (χ2n) is 5.67. The van der Waals surface area contributed by atoms with Crippen molar-refractivity contribution in [1.82, 2.24) is 10.4 Å². The maximum absolute atomic E-state index is 11.8. The van der Waals surface area contributed by atoms with E-state index < -0.39 is 0 Å². The molecule has 128 valence electrons. The van der Waals surface area contributed by atoms with Gasteiger partial charge in [-0.05, 0) is 46.5 Å². The molecule has 1 fully saturated rings. The Labute approximate surface area is 146 Å². The molecule has 1 atom stereocenters. The molecule has 6 heteroatoms. The second-order valence-corrected chi connectivity index (χ2v) is 6.53. The lowest BCUT2D eigenvalue weighted by Crippen LogP contribution is -2.39. The van der Waals surface area contributed by atoms with E-state index in [1.165, 1.54) is 12.8 Å². The normalized spacial score (nSPS) is 17.6. The maximum atomic E-state index is 11.8. The molecule has 0 saturated carbocycles. The number of hydroxylamine groups is 2. The number of hydrogen-bond donors (Lipinski definition) is 1. The molecule has 1 saturated heterocycles. The largest absolute Gasteiger partial charge is 0.492 e. The summed E-state index contributed by atoms with van der Waals surface area (Å²) in [5.41, 5.74) is 1.07. The number of unbranched alkanes of at least 4 members (excludes halogenated alkanes) is 2. The molecule has 1 aliphatic heterocycles. The van der Waals surface area contributed by atoms with Gasteiger partial charge in [-0.15, -0.1) is 0 Å². The minimum atomic E-state index is -0.219. The lowest BCUT2D eigenvalue weighted by molar-refractivity contribution is -0.174. The topological polar surface area (TPSA) is 50.8 Å². The second kappa shape index (κ2) is 9.25. The van der Waals surface area contributed by atoms with Crippen molar-refractivity contribution in [2.24, 2.45) is 0 Å². The molecule has 0 spiro atoms. The van der Waals surface area contributed by atoms with E-state index in [1.807, 2.05) is 18.2 Å². The summed E-state index contributed by atoms with van der Waals surface area (Å²) in [6.07, 6.45) is 4.21. The lowest BCUT2D eigenvalue weighted by Gasteiger charge is -2.24. The molecule has 1 amide bonds. The van der Waals surface area contributed by atoms with Crippen LogP contribution in [0.5, 0.6) is 5.75 Å². The van der Waals surface area contributed by atoms with E-state index in [0.29, 0.717) is 13.1 Å². The van der Waals surface area contributed by atoms with Gasteiger partial charge < -0.3 is 14.9 Å². The van der Waals surface area contributed by atoms with Crippen LogP contribution < -0.4 is 10.1 Å². The van der Waals surface area contributed by atoms with E-state index in [0.717, 1.165) is 35.2 Å². The highest BCUT2D eigenvalue weighted by atomic mass is 79.9. The quantitative estimate of drug-likeness (QED) is 0.524. The standard InChI is InChI=1S/C17H25BrN2O3/c1-3-4-5-10-23-16-7-6-13(11-14(16)18)12-20(22-2)15-8-9-19-17(15)21/h6-7,11,15H,3-5,8-10,12H2,1-2H3,(H,19,21)/t15-/m0/s1. The van der Waals surface area contributed by atoms with Crippen LogP contribution in [-0.4, -0.2) is 37.3 Å². The van der Waals surface area contributed by atoms with Crippen LogP contribution in [-0.2, 0) is 16.2 Å². The number of nitrogens with one attached hydrogen (secondary N) is 1. The van der Waals surface area contributed by atoms with Gasteiger partial charge in [0.15, 0.2) is 0 Å². The van der Waals surface area contributed by atoms with Crippen LogP contribution in [0.4, 0.5) is 0 Å². The number of amides is 1. The van der Waals surface area contributed by atoms with Gasteiger partial charge in [0.05, 0.1) is 24.7 Å². The first kappa shape index (κ1) is 18.2. The number of hydrogen-bond acceptors (Lipinski definition) is 4. The summed E-state index contributed by atoms with van der Waals surface area (Å²) in [6.45, 7) is 4.18. The Morgan fingerprint density at radius 2 is 2.22 bits per heavy atom. The third-order valence-electron chi connectivity index (χ3n) is 3.94. The molecule has 0 unspecified atom stereocenters. The van der Waals surface area contributed by atoms with E-state index in [2.05, 4.69) is 28.2 Å². The average Bonchev–Trinajstić information content (AvgIpc) is 2.97. The molecule has 1 aromatic carbocycles. The van der Waals surface area contributed by atoms with Crippen LogP contribution >= 0.6 is 15.9 Å². The SMILES string of the molecule is CCCCCOc1ccc(CN(OC)[C@H]2CCNC2=O)cc1Br. The first-order chi connectivity index (χ1) is 11.2. The predicted octanol–water partition coefficient (Wildman–Crippen LogP) is 3.27. The van der Waals surface area contributed by atoms with Crippen LogP contribution in [0.1, 0.15) is 38.2 Å². The molecular weight excluding hydrogens is 360 g/mol. The first-order valence-electron chi connectivity index (χ1n) is 8.15. The summed E-state index contributed by atoms with van der Waals surface area (Å²) < 4.78 is 6.72. The van der Waals surface area contributed by atoms with Gasteiger partial charge in [0, 0.05) is 6.54 Å². The summed E-state index contributed by atoms with van der Waals surface area (Å²) in [4.78, 5) is 17.2. The van der Waals surface area contributed by atoms with Crippen LogP contribution in [0.25, 0.3) is 0 Å². The van der Waals surface area contributed by atoms with Crippen molar-refractivity contribution in [3.05, 3.63) is 28.2 Å². The van der Waals surface area contributed by atoms with Crippen LogP contribution in [0.3, 0.4) is 0 Å².